The molecule has 17 heavy (non-hydrogen) atoms. The van der Waals surface area contributed by atoms with Crippen molar-refractivity contribution in [2.24, 2.45) is 0 Å². The molecule has 0 radical (unpaired) electrons. The van der Waals surface area contributed by atoms with Crippen LogP contribution in [-0.2, 0) is 4.79 Å². The van der Waals surface area contributed by atoms with Crippen LogP contribution in [0.4, 0.5) is 11.5 Å². The number of rotatable bonds is 1. The standard InChI is InChI=1S/C9H11ClN4O.C2H6/c1-5(2)14-4-7(15)12-6-3-11-9(10)13-8(6)14;1-2/h3,5H,4H2,1-2H3,(H,12,15);1-2H3. The summed E-state index contributed by atoms with van der Waals surface area (Å²) in [7, 11) is 0. The number of carbonyl (C=O) groups excluding carboxylic acids is 1. The van der Waals surface area contributed by atoms with Gasteiger partial charge in [-0.25, -0.2) is 4.98 Å². The van der Waals surface area contributed by atoms with Crippen molar-refractivity contribution in [1.82, 2.24) is 9.97 Å². The smallest absolute Gasteiger partial charge is 0.244 e. The molecular weight excluding hydrogens is 240 g/mol. The number of anilines is 2. The fourth-order valence-electron chi connectivity index (χ4n) is 1.51. The molecule has 0 spiro atoms. The summed E-state index contributed by atoms with van der Waals surface area (Å²) in [5, 5.41) is 2.90. The predicted molar refractivity (Wildman–Crippen MR) is 69.5 cm³/mol. The van der Waals surface area contributed by atoms with Gasteiger partial charge in [-0.15, -0.1) is 0 Å². The molecule has 1 aromatic rings. The molecule has 0 saturated carbocycles. The van der Waals surface area contributed by atoms with E-state index in [-0.39, 0.29) is 17.2 Å². The van der Waals surface area contributed by atoms with Crippen molar-refractivity contribution in [2.75, 3.05) is 16.8 Å². The van der Waals surface area contributed by atoms with Gasteiger partial charge < -0.3 is 10.2 Å². The van der Waals surface area contributed by atoms with Crippen LogP contribution in [0.15, 0.2) is 6.20 Å². The number of nitrogens with zero attached hydrogens (tertiary/aromatic N) is 3. The molecule has 1 amide bonds. The summed E-state index contributed by atoms with van der Waals surface area (Å²) in [6.07, 6.45) is 1.52. The minimum Gasteiger partial charge on any atom is -0.343 e. The third-order valence-electron chi connectivity index (χ3n) is 2.22. The van der Waals surface area contributed by atoms with Crippen molar-refractivity contribution in [2.45, 2.75) is 33.7 Å². The number of amides is 1. The minimum atomic E-state index is -0.0536. The summed E-state index contributed by atoms with van der Waals surface area (Å²) in [4.78, 5) is 21.2. The molecular formula is C11H17ClN4O. The summed E-state index contributed by atoms with van der Waals surface area (Å²) < 4.78 is 0. The van der Waals surface area contributed by atoms with Crippen molar-refractivity contribution in [1.29, 1.82) is 0 Å². The first-order chi connectivity index (χ1) is 8.08. The highest BCUT2D eigenvalue weighted by Crippen LogP contribution is 2.28. The minimum absolute atomic E-state index is 0.0536. The molecule has 1 aliphatic heterocycles. The highest BCUT2D eigenvalue weighted by molar-refractivity contribution is 6.28. The van der Waals surface area contributed by atoms with Gasteiger partial charge in [-0.2, -0.15) is 4.98 Å². The van der Waals surface area contributed by atoms with E-state index in [9.17, 15) is 4.79 Å². The first kappa shape index (κ1) is 13.7. The molecule has 2 rings (SSSR count). The molecule has 0 saturated heterocycles. The maximum Gasteiger partial charge on any atom is 0.244 e. The fourth-order valence-corrected chi connectivity index (χ4v) is 1.63. The summed E-state index contributed by atoms with van der Waals surface area (Å²) in [5.74, 6) is 0.631. The highest BCUT2D eigenvalue weighted by atomic mass is 35.5. The monoisotopic (exact) mass is 256 g/mol. The highest BCUT2D eigenvalue weighted by Gasteiger charge is 2.25. The molecule has 6 heteroatoms. The predicted octanol–water partition coefficient (Wildman–Crippen LogP) is 2.32. The van der Waals surface area contributed by atoms with Gasteiger partial charge in [0.25, 0.3) is 0 Å². The quantitative estimate of drug-likeness (QED) is 0.784. The fraction of sp³-hybridized carbons (Fsp3) is 0.545. The third kappa shape index (κ3) is 3.06. The van der Waals surface area contributed by atoms with Gasteiger partial charge in [0.05, 0.1) is 12.7 Å². The van der Waals surface area contributed by atoms with Crippen LogP contribution in [0.2, 0.25) is 5.28 Å². The largest absolute Gasteiger partial charge is 0.343 e. The molecule has 1 N–H and O–H groups in total. The number of halogens is 1. The summed E-state index contributed by atoms with van der Waals surface area (Å²) in [6.45, 7) is 8.30. The zero-order chi connectivity index (χ0) is 13.0. The number of carbonyl (C=O) groups is 1. The summed E-state index contributed by atoms with van der Waals surface area (Å²) in [5.41, 5.74) is 0.615. The molecule has 0 aromatic carbocycles. The molecule has 0 atom stereocenters. The van der Waals surface area contributed by atoms with Crippen LogP contribution < -0.4 is 10.2 Å². The first-order valence-electron chi connectivity index (χ1n) is 5.67. The molecule has 2 heterocycles. The Morgan fingerprint density at radius 3 is 2.71 bits per heavy atom. The molecule has 0 unspecified atom stereocenters. The van der Waals surface area contributed by atoms with E-state index in [4.69, 9.17) is 11.6 Å². The average Bonchev–Trinajstić information content (AvgIpc) is 2.31. The number of nitrogens with one attached hydrogen (secondary N) is 1. The maximum atomic E-state index is 11.4. The van der Waals surface area contributed by atoms with Crippen molar-refractivity contribution in [3.05, 3.63) is 11.5 Å². The van der Waals surface area contributed by atoms with Crippen LogP contribution in [0.1, 0.15) is 27.7 Å². The van der Waals surface area contributed by atoms with Crippen LogP contribution in [-0.4, -0.2) is 28.5 Å². The molecule has 94 valence electrons. The summed E-state index contributed by atoms with van der Waals surface area (Å²) >= 11 is 5.72. The Labute approximate surface area is 106 Å². The van der Waals surface area contributed by atoms with Crippen molar-refractivity contribution in [3.8, 4) is 0 Å². The van der Waals surface area contributed by atoms with Gasteiger partial charge in [-0.3, -0.25) is 4.79 Å². The summed E-state index contributed by atoms with van der Waals surface area (Å²) in [6, 6.07) is 0.195. The van der Waals surface area contributed by atoms with Crippen LogP contribution >= 0.6 is 11.6 Å². The van der Waals surface area contributed by atoms with Gasteiger partial charge in [0, 0.05) is 6.04 Å². The van der Waals surface area contributed by atoms with E-state index in [1.807, 2.05) is 32.6 Å². The van der Waals surface area contributed by atoms with Gasteiger partial charge >= 0.3 is 0 Å². The molecule has 0 bridgehead atoms. The Bertz CT molecular complexity index is 408. The van der Waals surface area contributed by atoms with Gasteiger partial charge in [0.1, 0.15) is 5.69 Å². The normalized spacial score (nSPS) is 13.8. The first-order valence-corrected chi connectivity index (χ1v) is 6.05. The third-order valence-corrected chi connectivity index (χ3v) is 2.40. The lowest BCUT2D eigenvalue weighted by atomic mass is 10.2. The van der Waals surface area contributed by atoms with E-state index in [0.717, 1.165) is 0 Å². The maximum absolute atomic E-state index is 11.4. The lowest BCUT2D eigenvalue weighted by molar-refractivity contribution is -0.115. The Hall–Kier alpha value is -1.36. The van der Waals surface area contributed by atoms with E-state index >= 15 is 0 Å². The SMILES string of the molecule is CC.CC(C)N1CC(=O)Nc2cnc(Cl)nc21. The van der Waals surface area contributed by atoms with Crippen LogP contribution in [0.3, 0.4) is 0 Å². The second-order valence-electron chi connectivity index (χ2n) is 3.65. The van der Waals surface area contributed by atoms with Gasteiger partial charge in [0.15, 0.2) is 5.82 Å². The van der Waals surface area contributed by atoms with Crippen LogP contribution in [0.5, 0.6) is 0 Å². The Balaban J connectivity index is 0.000000686. The van der Waals surface area contributed by atoms with Gasteiger partial charge in [-0.1, -0.05) is 13.8 Å². The van der Waals surface area contributed by atoms with E-state index in [1.54, 1.807) is 0 Å². The number of aromatic nitrogens is 2. The Morgan fingerprint density at radius 2 is 2.12 bits per heavy atom. The number of hydrogen-bond acceptors (Lipinski definition) is 4. The Morgan fingerprint density at radius 1 is 1.47 bits per heavy atom. The zero-order valence-corrected chi connectivity index (χ0v) is 11.2. The lowest BCUT2D eigenvalue weighted by Crippen LogP contribution is -2.42. The average molecular weight is 257 g/mol. The van der Waals surface area contributed by atoms with Crippen molar-refractivity contribution < 1.29 is 4.79 Å². The number of fused-ring (bicyclic) bond motifs is 1. The molecule has 1 aromatic heterocycles. The van der Waals surface area contributed by atoms with Gasteiger partial charge in [-0.05, 0) is 25.4 Å². The molecule has 0 aliphatic carbocycles. The van der Waals surface area contributed by atoms with Gasteiger partial charge in [0.2, 0.25) is 11.2 Å². The van der Waals surface area contributed by atoms with Crippen molar-refractivity contribution in [3.63, 3.8) is 0 Å². The zero-order valence-electron chi connectivity index (χ0n) is 10.5. The second kappa shape index (κ2) is 5.82. The molecule has 1 aliphatic rings. The van der Waals surface area contributed by atoms with Crippen LogP contribution in [0, 0.1) is 0 Å². The van der Waals surface area contributed by atoms with E-state index < -0.39 is 0 Å². The lowest BCUT2D eigenvalue weighted by Gasteiger charge is -2.32. The van der Waals surface area contributed by atoms with E-state index in [0.29, 0.717) is 18.1 Å². The van der Waals surface area contributed by atoms with Crippen LogP contribution in [0.25, 0.3) is 0 Å². The van der Waals surface area contributed by atoms with E-state index in [2.05, 4.69) is 15.3 Å². The van der Waals surface area contributed by atoms with E-state index in [1.165, 1.54) is 6.20 Å². The Kier molecular flexibility index (Phi) is 4.69. The number of hydrogen-bond donors (Lipinski definition) is 1. The second-order valence-corrected chi connectivity index (χ2v) is 3.98. The molecule has 5 nitrogen and oxygen atoms in total. The molecule has 0 fully saturated rings. The topological polar surface area (TPSA) is 58.1 Å². The van der Waals surface area contributed by atoms with Crippen molar-refractivity contribution >= 4 is 29.0 Å².